The van der Waals surface area contributed by atoms with Crippen LogP contribution >= 0.6 is 23.5 Å². The molecule has 10 heteroatoms. The number of halogens is 1. The second-order valence-electron chi connectivity index (χ2n) is 7.33. The van der Waals surface area contributed by atoms with E-state index in [2.05, 4.69) is 15.0 Å². The number of esters is 1. The number of thioether (sulfide) groups is 2. The Bertz CT molecular complexity index is 1260. The van der Waals surface area contributed by atoms with Gasteiger partial charge in [-0.15, -0.1) is 11.8 Å². The number of amides is 1. The van der Waals surface area contributed by atoms with Gasteiger partial charge in [0.25, 0.3) is 5.56 Å². The number of hydrogen-bond donors (Lipinski definition) is 1. The Morgan fingerprint density at radius 2 is 1.91 bits per heavy atom. The van der Waals surface area contributed by atoms with E-state index in [1.54, 1.807) is 24.3 Å². The van der Waals surface area contributed by atoms with Gasteiger partial charge in [0.1, 0.15) is 5.82 Å². The first-order valence-corrected chi connectivity index (χ1v) is 11.9. The van der Waals surface area contributed by atoms with Gasteiger partial charge in [-0.25, -0.2) is 14.2 Å². The number of nitrogens with zero attached hydrogens (tertiary/aromatic N) is 2. The molecule has 1 aromatic heterocycles. The normalized spacial score (nSPS) is 14.6. The van der Waals surface area contributed by atoms with E-state index in [1.807, 2.05) is 6.92 Å². The number of rotatable bonds is 6. The molecule has 170 valence electrons. The monoisotopic (exact) mass is 485 g/mol. The third kappa shape index (κ3) is 5.12. The zero-order valence-electron chi connectivity index (χ0n) is 17.8. The third-order valence-corrected chi connectivity index (χ3v) is 7.04. The molecule has 4 rings (SSSR count). The van der Waals surface area contributed by atoms with E-state index in [0.717, 1.165) is 17.5 Å². The highest BCUT2D eigenvalue weighted by Crippen LogP contribution is 2.34. The molecule has 7 nitrogen and oxygen atoms in total. The molecule has 33 heavy (non-hydrogen) atoms. The maximum Gasteiger partial charge on any atom is 0.337 e. The SMILES string of the molecule is COC(=O)c1ccc(NC(=O)CSc2nc3c(c(=O)n2-c2ccc(F)cc2)SC(C)C3)cc1. The van der Waals surface area contributed by atoms with Gasteiger partial charge in [-0.1, -0.05) is 18.7 Å². The lowest BCUT2D eigenvalue weighted by molar-refractivity contribution is -0.113. The second kappa shape index (κ2) is 9.80. The number of anilines is 1. The van der Waals surface area contributed by atoms with Gasteiger partial charge in [-0.2, -0.15) is 0 Å². The van der Waals surface area contributed by atoms with Gasteiger partial charge >= 0.3 is 5.97 Å². The highest BCUT2D eigenvalue weighted by molar-refractivity contribution is 8.00. The predicted octanol–water partition coefficient (Wildman–Crippen LogP) is 3.93. The molecule has 1 N–H and O–H groups in total. The van der Waals surface area contributed by atoms with Crippen molar-refractivity contribution in [2.75, 3.05) is 18.2 Å². The summed E-state index contributed by atoms with van der Waals surface area (Å²) in [7, 11) is 1.30. The third-order valence-electron chi connectivity index (χ3n) is 4.89. The Morgan fingerprint density at radius 1 is 1.21 bits per heavy atom. The van der Waals surface area contributed by atoms with Crippen LogP contribution in [0.15, 0.2) is 63.4 Å². The molecule has 0 saturated carbocycles. The van der Waals surface area contributed by atoms with E-state index in [0.29, 0.717) is 33.4 Å². The molecule has 0 aliphatic carbocycles. The largest absolute Gasteiger partial charge is 0.465 e. The lowest BCUT2D eigenvalue weighted by atomic mass is 10.2. The summed E-state index contributed by atoms with van der Waals surface area (Å²) in [4.78, 5) is 42.5. The summed E-state index contributed by atoms with van der Waals surface area (Å²) >= 11 is 2.61. The van der Waals surface area contributed by atoms with Crippen LogP contribution in [0.2, 0.25) is 0 Å². The van der Waals surface area contributed by atoms with Crippen LogP contribution in [-0.4, -0.2) is 39.5 Å². The Morgan fingerprint density at radius 3 is 2.58 bits per heavy atom. The highest BCUT2D eigenvalue weighted by Gasteiger charge is 2.27. The van der Waals surface area contributed by atoms with E-state index in [9.17, 15) is 18.8 Å². The molecule has 1 amide bonds. The Kier molecular flexibility index (Phi) is 6.85. The van der Waals surface area contributed by atoms with Crippen LogP contribution in [-0.2, 0) is 16.0 Å². The summed E-state index contributed by atoms with van der Waals surface area (Å²) < 4.78 is 19.5. The maximum absolute atomic E-state index is 13.4. The number of ether oxygens (including phenoxy) is 1. The predicted molar refractivity (Wildman–Crippen MR) is 126 cm³/mol. The smallest absolute Gasteiger partial charge is 0.337 e. The summed E-state index contributed by atoms with van der Waals surface area (Å²) in [6.45, 7) is 2.03. The standard InChI is InChI=1S/C23H20FN3O4S2/c1-13-11-18-20(33-13)21(29)27(17-9-5-15(24)6-10-17)23(26-18)32-12-19(28)25-16-7-3-14(4-8-16)22(30)31-2/h3-10,13H,11-12H2,1-2H3,(H,25,28). The topological polar surface area (TPSA) is 90.3 Å². The minimum atomic E-state index is -0.461. The summed E-state index contributed by atoms with van der Waals surface area (Å²) in [5.74, 6) is -1.16. The number of carbonyl (C=O) groups is 2. The number of nitrogens with one attached hydrogen (secondary N) is 1. The molecule has 3 aromatic rings. The lowest BCUT2D eigenvalue weighted by Crippen LogP contribution is -2.24. The van der Waals surface area contributed by atoms with Gasteiger partial charge in [-0.05, 0) is 48.5 Å². The minimum absolute atomic E-state index is 0.00781. The summed E-state index contributed by atoms with van der Waals surface area (Å²) in [6, 6.07) is 11.9. The lowest BCUT2D eigenvalue weighted by Gasteiger charge is -2.14. The van der Waals surface area contributed by atoms with Crippen molar-refractivity contribution in [2.24, 2.45) is 0 Å². The molecule has 1 aliphatic heterocycles. The van der Waals surface area contributed by atoms with Crippen LogP contribution in [0.3, 0.4) is 0 Å². The highest BCUT2D eigenvalue weighted by atomic mass is 32.2. The van der Waals surface area contributed by atoms with Gasteiger partial charge in [0.2, 0.25) is 5.91 Å². The van der Waals surface area contributed by atoms with E-state index in [1.165, 1.54) is 47.7 Å². The number of fused-ring (bicyclic) bond motifs is 1. The van der Waals surface area contributed by atoms with Gasteiger partial charge in [0, 0.05) is 17.4 Å². The van der Waals surface area contributed by atoms with Crippen molar-refractivity contribution in [3.63, 3.8) is 0 Å². The van der Waals surface area contributed by atoms with Crippen LogP contribution in [0.5, 0.6) is 0 Å². The molecule has 0 saturated heterocycles. The zero-order chi connectivity index (χ0) is 23.5. The number of carbonyl (C=O) groups excluding carboxylic acids is 2. The Balaban J connectivity index is 1.55. The van der Waals surface area contributed by atoms with Crippen molar-refractivity contribution >= 4 is 41.1 Å². The van der Waals surface area contributed by atoms with Gasteiger partial charge in [0.15, 0.2) is 5.16 Å². The van der Waals surface area contributed by atoms with Crippen LogP contribution in [0, 0.1) is 5.82 Å². The van der Waals surface area contributed by atoms with Crippen molar-refractivity contribution in [3.05, 3.63) is 76.0 Å². The fraction of sp³-hybridized carbons (Fsp3) is 0.217. The van der Waals surface area contributed by atoms with Crippen LogP contribution in [0.25, 0.3) is 5.69 Å². The molecule has 0 fully saturated rings. The molecular formula is C23H20FN3O4S2. The summed E-state index contributed by atoms with van der Waals surface area (Å²) in [6.07, 6.45) is 0.672. The van der Waals surface area contributed by atoms with E-state index in [4.69, 9.17) is 0 Å². The van der Waals surface area contributed by atoms with E-state index >= 15 is 0 Å². The summed E-state index contributed by atoms with van der Waals surface area (Å²) in [5.41, 5.74) is 1.89. The van der Waals surface area contributed by atoms with Gasteiger partial charge in [-0.3, -0.25) is 14.2 Å². The molecular weight excluding hydrogens is 465 g/mol. The molecule has 0 radical (unpaired) electrons. The molecule has 1 unspecified atom stereocenters. The quantitative estimate of drug-likeness (QED) is 0.321. The first kappa shape index (κ1) is 23.1. The van der Waals surface area contributed by atoms with Crippen LogP contribution in [0.1, 0.15) is 23.0 Å². The first-order valence-electron chi connectivity index (χ1n) is 10.0. The second-order valence-corrected chi connectivity index (χ2v) is 9.72. The van der Waals surface area contributed by atoms with Crippen molar-refractivity contribution in [1.82, 2.24) is 9.55 Å². The average molecular weight is 486 g/mol. The molecule has 1 atom stereocenters. The number of hydrogen-bond acceptors (Lipinski definition) is 7. The summed E-state index contributed by atoms with van der Waals surface area (Å²) in [5, 5.41) is 3.36. The zero-order valence-corrected chi connectivity index (χ0v) is 19.5. The van der Waals surface area contributed by atoms with Crippen LogP contribution < -0.4 is 10.9 Å². The Hall–Kier alpha value is -3.11. The average Bonchev–Trinajstić information content (AvgIpc) is 3.19. The Labute approximate surface area is 197 Å². The van der Waals surface area contributed by atoms with E-state index in [-0.39, 0.29) is 22.5 Å². The molecule has 0 spiro atoms. The van der Waals surface area contributed by atoms with Crippen molar-refractivity contribution in [2.45, 2.75) is 28.6 Å². The fourth-order valence-electron chi connectivity index (χ4n) is 3.35. The molecule has 2 heterocycles. The van der Waals surface area contributed by atoms with Crippen molar-refractivity contribution in [3.8, 4) is 5.69 Å². The first-order chi connectivity index (χ1) is 15.9. The fourth-order valence-corrected chi connectivity index (χ4v) is 5.27. The minimum Gasteiger partial charge on any atom is -0.465 e. The molecule has 0 bridgehead atoms. The molecule has 2 aromatic carbocycles. The van der Waals surface area contributed by atoms with Crippen molar-refractivity contribution in [1.29, 1.82) is 0 Å². The maximum atomic E-state index is 13.4. The molecule has 1 aliphatic rings. The number of aromatic nitrogens is 2. The van der Waals surface area contributed by atoms with Gasteiger partial charge < -0.3 is 10.1 Å². The van der Waals surface area contributed by atoms with E-state index < -0.39 is 11.8 Å². The number of methoxy groups -OCH3 is 1. The number of benzene rings is 2. The van der Waals surface area contributed by atoms with Gasteiger partial charge in [0.05, 0.1) is 34.7 Å². The van der Waals surface area contributed by atoms with Crippen molar-refractivity contribution < 1.29 is 18.7 Å². The van der Waals surface area contributed by atoms with Crippen LogP contribution in [0.4, 0.5) is 10.1 Å².